The van der Waals surface area contributed by atoms with Crippen molar-refractivity contribution in [3.8, 4) is 0 Å². The molecule has 0 heterocycles. The lowest BCUT2D eigenvalue weighted by molar-refractivity contribution is 1.19. The summed E-state index contributed by atoms with van der Waals surface area (Å²) in [7, 11) is 0. The zero-order valence-electron chi connectivity index (χ0n) is 4.15. The molecule has 0 saturated heterocycles. The fraction of sp³-hybridized carbons (Fsp3) is 0. The third kappa shape index (κ3) is 8.92. The summed E-state index contributed by atoms with van der Waals surface area (Å²) < 4.78 is 0. The zero-order valence-corrected chi connectivity index (χ0v) is 5.15. The van der Waals surface area contributed by atoms with E-state index < -0.39 is 0 Å². The van der Waals surface area contributed by atoms with E-state index in [-0.39, 0.29) is 25.4 Å². The molecule has 0 aliphatic carbocycles. The number of rotatable bonds is 0. The normalized spacial score (nSPS) is 6.50. The Morgan fingerprint density at radius 3 is 1.38 bits per heavy atom. The van der Waals surface area contributed by atoms with Gasteiger partial charge in [-0.2, -0.15) is 13.5 Å². The molecule has 0 unspecified atom stereocenters. The van der Waals surface area contributed by atoms with Crippen molar-refractivity contribution in [2.24, 2.45) is 11.5 Å². The second-order valence-electron chi connectivity index (χ2n) is 0.952. The Morgan fingerprint density at radius 2 is 1.38 bits per heavy atom. The molecule has 8 heavy (non-hydrogen) atoms. The molecule has 0 aromatic carbocycles. The predicted octanol–water partition coefficient (Wildman–Crippen LogP) is -1.52. The summed E-state index contributed by atoms with van der Waals surface area (Å²) in [5, 5.41) is 15.0. The maximum atomic E-state index is 6.47. The molecule has 0 aliphatic rings. The molecule has 48 valence electrons. The van der Waals surface area contributed by atoms with E-state index in [2.05, 4.69) is 0 Å². The lowest BCUT2D eigenvalue weighted by atomic mass is 10.9. The summed E-state index contributed by atoms with van der Waals surface area (Å²) >= 11 is 0. The summed E-state index contributed by atoms with van der Waals surface area (Å²) in [6, 6.07) is 0. The monoisotopic (exact) mass is 135 g/mol. The van der Waals surface area contributed by atoms with E-state index in [1.165, 1.54) is 0 Å². The minimum absolute atomic E-state index is 0. The molecule has 0 aliphatic heterocycles. The van der Waals surface area contributed by atoms with Crippen molar-refractivity contribution in [3.63, 3.8) is 0 Å². The highest BCUT2D eigenvalue weighted by Gasteiger charge is 1.83. The van der Waals surface area contributed by atoms with Crippen LogP contribution < -0.4 is 16.8 Å². The van der Waals surface area contributed by atoms with Crippen molar-refractivity contribution in [2.45, 2.75) is 0 Å². The third-order valence-corrected chi connectivity index (χ3v) is 0.269. The SMILES string of the molecule is N=C(N)NC(=N)N.S. The van der Waals surface area contributed by atoms with E-state index in [1.807, 2.05) is 5.32 Å². The van der Waals surface area contributed by atoms with Gasteiger partial charge >= 0.3 is 0 Å². The Labute approximate surface area is 53.9 Å². The lowest BCUT2D eigenvalue weighted by Gasteiger charge is -1.95. The standard InChI is InChI=1S/C2H7N5.H2S/c3-1(4)7-2(5)6;/h(H7,3,4,5,6,7);1H2. The molecule has 7 N–H and O–H groups in total. The Hall–Kier alpha value is -0.910. The van der Waals surface area contributed by atoms with Crippen LogP contribution in [-0.2, 0) is 0 Å². The molecule has 0 spiro atoms. The molecule has 0 atom stereocenters. The quantitative estimate of drug-likeness (QED) is 0.205. The van der Waals surface area contributed by atoms with Gasteiger partial charge in [0.1, 0.15) is 0 Å². The first-order chi connectivity index (χ1) is 3.13. The highest BCUT2D eigenvalue weighted by atomic mass is 32.1. The van der Waals surface area contributed by atoms with E-state index >= 15 is 0 Å². The number of nitrogens with one attached hydrogen (secondary N) is 3. The van der Waals surface area contributed by atoms with Gasteiger partial charge in [-0.25, -0.2) is 0 Å². The molecule has 0 amide bonds. The highest BCUT2D eigenvalue weighted by Crippen LogP contribution is 1.44. The van der Waals surface area contributed by atoms with Crippen molar-refractivity contribution in [1.29, 1.82) is 10.8 Å². The largest absolute Gasteiger partial charge is 0.370 e. The predicted molar refractivity (Wildman–Crippen MR) is 37.3 cm³/mol. The zero-order chi connectivity index (χ0) is 5.86. The second kappa shape index (κ2) is 4.25. The number of nitrogens with two attached hydrogens (primary N) is 2. The van der Waals surface area contributed by atoms with Crippen LogP contribution in [-0.4, -0.2) is 11.9 Å². The first-order valence-electron chi connectivity index (χ1n) is 1.58. The average Bonchev–Trinajstić information content (AvgIpc) is 1.27. The Bertz CT molecular complexity index is 86.6. The van der Waals surface area contributed by atoms with Crippen LogP contribution in [0.4, 0.5) is 0 Å². The van der Waals surface area contributed by atoms with E-state index in [0.717, 1.165) is 0 Å². The van der Waals surface area contributed by atoms with Gasteiger partial charge in [0.15, 0.2) is 11.9 Å². The first kappa shape index (κ1) is 10.1. The van der Waals surface area contributed by atoms with Crippen LogP contribution in [0, 0.1) is 10.8 Å². The highest BCUT2D eigenvalue weighted by molar-refractivity contribution is 7.59. The van der Waals surface area contributed by atoms with Crippen molar-refractivity contribution < 1.29 is 0 Å². The van der Waals surface area contributed by atoms with Crippen LogP contribution in [0.15, 0.2) is 0 Å². The Balaban J connectivity index is 0. The molecular formula is C2H9N5S. The number of hydrogen-bond donors (Lipinski definition) is 5. The van der Waals surface area contributed by atoms with Gasteiger partial charge in [0.2, 0.25) is 0 Å². The van der Waals surface area contributed by atoms with E-state index in [1.54, 1.807) is 0 Å². The molecule has 0 aromatic heterocycles. The molecule has 0 radical (unpaired) electrons. The lowest BCUT2D eigenvalue weighted by Crippen LogP contribution is -2.39. The maximum absolute atomic E-state index is 6.47. The Morgan fingerprint density at radius 1 is 1.12 bits per heavy atom. The summed E-state index contributed by atoms with van der Waals surface area (Å²) in [4.78, 5) is 0. The molecule has 0 rings (SSSR count). The van der Waals surface area contributed by atoms with Gasteiger partial charge in [-0.05, 0) is 0 Å². The number of hydrogen-bond acceptors (Lipinski definition) is 2. The first-order valence-corrected chi connectivity index (χ1v) is 1.58. The Kier molecular flexibility index (Phi) is 5.40. The van der Waals surface area contributed by atoms with Gasteiger partial charge in [-0.3, -0.25) is 16.1 Å². The van der Waals surface area contributed by atoms with Gasteiger partial charge in [0.25, 0.3) is 0 Å². The van der Waals surface area contributed by atoms with Gasteiger partial charge in [-0.1, -0.05) is 0 Å². The van der Waals surface area contributed by atoms with Crippen molar-refractivity contribution in [2.75, 3.05) is 0 Å². The fourth-order valence-corrected chi connectivity index (χ4v) is 0.145. The minimum atomic E-state index is -0.312. The fourth-order valence-electron chi connectivity index (χ4n) is 0.145. The third-order valence-electron chi connectivity index (χ3n) is 0.269. The van der Waals surface area contributed by atoms with Gasteiger partial charge in [0, 0.05) is 0 Å². The van der Waals surface area contributed by atoms with E-state index in [0.29, 0.717) is 0 Å². The minimum Gasteiger partial charge on any atom is -0.370 e. The van der Waals surface area contributed by atoms with Gasteiger partial charge in [0.05, 0.1) is 0 Å². The van der Waals surface area contributed by atoms with Crippen LogP contribution in [0.3, 0.4) is 0 Å². The molecule has 6 heteroatoms. The van der Waals surface area contributed by atoms with Crippen molar-refractivity contribution in [1.82, 2.24) is 5.32 Å². The van der Waals surface area contributed by atoms with Crippen molar-refractivity contribution in [3.05, 3.63) is 0 Å². The molecular weight excluding hydrogens is 126 g/mol. The van der Waals surface area contributed by atoms with E-state index in [4.69, 9.17) is 22.3 Å². The van der Waals surface area contributed by atoms with Gasteiger partial charge < -0.3 is 11.5 Å². The van der Waals surface area contributed by atoms with Crippen LogP contribution in [0.2, 0.25) is 0 Å². The van der Waals surface area contributed by atoms with Crippen LogP contribution in [0.1, 0.15) is 0 Å². The van der Waals surface area contributed by atoms with Crippen molar-refractivity contribution >= 4 is 25.4 Å². The molecule has 5 nitrogen and oxygen atoms in total. The summed E-state index contributed by atoms with van der Waals surface area (Å²) in [6.45, 7) is 0. The smallest absolute Gasteiger partial charge is 0.192 e. The second-order valence-corrected chi connectivity index (χ2v) is 0.952. The summed E-state index contributed by atoms with van der Waals surface area (Å²) in [6.07, 6.45) is 0. The van der Waals surface area contributed by atoms with Crippen LogP contribution >= 0.6 is 13.5 Å². The summed E-state index contributed by atoms with van der Waals surface area (Å²) in [5.74, 6) is -0.625. The van der Waals surface area contributed by atoms with Crippen LogP contribution in [0.5, 0.6) is 0 Å². The molecule has 0 fully saturated rings. The molecule has 0 saturated carbocycles. The van der Waals surface area contributed by atoms with Crippen LogP contribution in [0.25, 0.3) is 0 Å². The van der Waals surface area contributed by atoms with Gasteiger partial charge in [-0.15, -0.1) is 0 Å². The molecule has 0 bridgehead atoms. The maximum Gasteiger partial charge on any atom is 0.192 e. The number of guanidine groups is 2. The summed E-state index contributed by atoms with van der Waals surface area (Å²) in [5.41, 5.74) is 9.49. The van der Waals surface area contributed by atoms with E-state index in [9.17, 15) is 0 Å². The average molecular weight is 135 g/mol. The topological polar surface area (TPSA) is 112 Å². The molecule has 0 aromatic rings.